The Balaban J connectivity index is 2.30. The van der Waals surface area contributed by atoms with E-state index in [-0.39, 0.29) is 24.7 Å². The zero-order valence-corrected chi connectivity index (χ0v) is 14.0. The summed E-state index contributed by atoms with van der Waals surface area (Å²) in [6.45, 7) is 5.25. The molecule has 0 saturated carbocycles. The van der Waals surface area contributed by atoms with Crippen molar-refractivity contribution in [2.75, 3.05) is 13.2 Å². The largest absolute Gasteiger partial charge is 0.482 e. The Labute approximate surface area is 133 Å². The van der Waals surface area contributed by atoms with Gasteiger partial charge in [0, 0.05) is 10.0 Å². The Morgan fingerprint density at radius 1 is 1.29 bits per heavy atom. The van der Waals surface area contributed by atoms with E-state index < -0.39 is 5.97 Å². The number of carbonyl (C=O) groups is 2. The van der Waals surface area contributed by atoms with Gasteiger partial charge < -0.3 is 14.8 Å². The highest BCUT2D eigenvalue weighted by atomic mass is 79.9. The second-order valence-electron chi connectivity index (χ2n) is 5.19. The van der Waals surface area contributed by atoms with Gasteiger partial charge in [0.25, 0.3) is 5.91 Å². The molecule has 1 rings (SSSR count). The van der Waals surface area contributed by atoms with Crippen LogP contribution in [0.25, 0.3) is 0 Å². The minimum Gasteiger partial charge on any atom is -0.482 e. The van der Waals surface area contributed by atoms with Crippen molar-refractivity contribution in [3.05, 3.63) is 28.7 Å². The number of esters is 1. The fraction of sp³-hybridized carbons (Fsp3) is 0.467. The summed E-state index contributed by atoms with van der Waals surface area (Å²) in [6, 6.07) is 7.12. The quantitative estimate of drug-likeness (QED) is 0.762. The topological polar surface area (TPSA) is 64.6 Å². The SMILES string of the molecule is CCC(C)(C)NC(=O)COC(=O)COc1cccc(Br)c1. The van der Waals surface area contributed by atoms with E-state index in [1.54, 1.807) is 18.2 Å². The number of rotatable bonds is 7. The summed E-state index contributed by atoms with van der Waals surface area (Å²) in [7, 11) is 0. The summed E-state index contributed by atoms with van der Waals surface area (Å²) in [6.07, 6.45) is 0.790. The van der Waals surface area contributed by atoms with Crippen LogP contribution in [0.3, 0.4) is 0 Å². The van der Waals surface area contributed by atoms with E-state index in [9.17, 15) is 9.59 Å². The molecule has 21 heavy (non-hydrogen) atoms. The molecule has 116 valence electrons. The number of amides is 1. The molecule has 0 radical (unpaired) electrons. The second-order valence-corrected chi connectivity index (χ2v) is 6.11. The molecule has 1 N–H and O–H groups in total. The molecule has 0 spiro atoms. The number of benzene rings is 1. The van der Waals surface area contributed by atoms with Crippen molar-refractivity contribution >= 4 is 27.8 Å². The second kappa shape index (κ2) is 8.02. The Hall–Kier alpha value is -1.56. The molecule has 0 aromatic heterocycles. The summed E-state index contributed by atoms with van der Waals surface area (Å²) in [5, 5.41) is 2.78. The van der Waals surface area contributed by atoms with Gasteiger partial charge >= 0.3 is 5.97 Å². The number of halogens is 1. The predicted molar refractivity (Wildman–Crippen MR) is 83.1 cm³/mol. The van der Waals surface area contributed by atoms with Crippen molar-refractivity contribution in [1.82, 2.24) is 5.32 Å². The van der Waals surface area contributed by atoms with Crippen molar-refractivity contribution in [2.24, 2.45) is 0 Å². The average molecular weight is 358 g/mol. The smallest absolute Gasteiger partial charge is 0.344 e. The Morgan fingerprint density at radius 2 is 2.00 bits per heavy atom. The zero-order valence-electron chi connectivity index (χ0n) is 12.4. The molecule has 0 unspecified atom stereocenters. The lowest BCUT2D eigenvalue weighted by Gasteiger charge is -2.24. The van der Waals surface area contributed by atoms with Crippen LogP contribution in [0.5, 0.6) is 5.75 Å². The van der Waals surface area contributed by atoms with E-state index in [0.717, 1.165) is 10.9 Å². The fourth-order valence-electron chi connectivity index (χ4n) is 1.39. The van der Waals surface area contributed by atoms with Crippen LogP contribution in [0, 0.1) is 0 Å². The fourth-order valence-corrected chi connectivity index (χ4v) is 1.77. The number of hydrogen-bond donors (Lipinski definition) is 1. The van der Waals surface area contributed by atoms with Crippen LogP contribution in [0.1, 0.15) is 27.2 Å². The van der Waals surface area contributed by atoms with E-state index in [4.69, 9.17) is 9.47 Å². The molecule has 0 saturated heterocycles. The maximum absolute atomic E-state index is 11.6. The van der Waals surface area contributed by atoms with Gasteiger partial charge in [-0.3, -0.25) is 4.79 Å². The highest BCUT2D eigenvalue weighted by Gasteiger charge is 2.18. The summed E-state index contributed by atoms with van der Waals surface area (Å²) in [5.41, 5.74) is -0.309. The van der Waals surface area contributed by atoms with E-state index in [1.807, 2.05) is 26.8 Å². The maximum Gasteiger partial charge on any atom is 0.344 e. The van der Waals surface area contributed by atoms with E-state index in [1.165, 1.54) is 0 Å². The highest BCUT2D eigenvalue weighted by Crippen LogP contribution is 2.17. The van der Waals surface area contributed by atoms with Crippen LogP contribution in [-0.2, 0) is 14.3 Å². The molecular formula is C15H20BrNO4. The molecular weight excluding hydrogens is 338 g/mol. The van der Waals surface area contributed by atoms with Crippen LogP contribution < -0.4 is 10.1 Å². The molecule has 0 aliphatic carbocycles. The van der Waals surface area contributed by atoms with Crippen LogP contribution >= 0.6 is 15.9 Å². The minimum absolute atomic E-state index is 0.235. The van der Waals surface area contributed by atoms with Crippen LogP contribution in [0.15, 0.2) is 28.7 Å². The molecule has 0 atom stereocenters. The summed E-state index contributed by atoms with van der Waals surface area (Å²) < 4.78 is 11.0. The first-order valence-corrected chi connectivity index (χ1v) is 7.46. The average Bonchev–Trinajstić information content (AvgIpc) is 2.42. The van der Waals surface area contributed by atoms with Crippen molar-refractivity contribution in [2.45, 2.75) is 32.7 Å². The van der Waals surface area contributed by atoms with Gasteiger partial charge in [0.2, 0.25) is 0 Å². The molecule has 6 heteroatoms. The van der Waals surface area contributed by atoms with Gasteiger partial charge in [-0.25, -0.2) is 4.79 Å². The number of ether oxygens (including phenoxy) is 2. The van der Waals surface area contributed by atoms with Gasteiger partial charge in [0.1, 0.15) is 5.75 Å². The molecule has 0 aliphatic heterocycles. The Kier molecular flexibility index (Phi) is 6.68. The van der Waals surface area contributed by atoms with Gasteiger partial charge in [0.05, 0.1) is 0 Å². The molecule has 0 heterocycles. The van der Waals surface area contributed by atoms with E-state index in [0.29, 0.717) is 5.75 Å². The zero-order chi connectivity index (χ0) is 15.9. The van der Waals surface area contributed by atoms with Gasteiger partial charge in [0.15, 0.2) is 13.2 Å². The lowest BCUT2D eigenvalue weighted by Crippen LogP contribution is -2.44. The first kappa shape index (κ1) is 17.5. The standard InChI is InChI=1S/C15H20BrNO4/c1-4-15(2,3)17-13(18)9-21-14(19)10-20-12-7-5-6-11(16)8-12/h5-8H,4,9-10H2,1-3H3,(H,17,18). The maximum atomic E-state index is 11.6. The first-order valence-electron chi connectivity index (χ1n) is 6.67. The van der Waals surface area contributed by atoms with Gasteiger partial charge in [-0.1, -0.05) is 28.9 Å². The first-order chi connectivity index (χ1) is 9.82. The van der Waals surface area contributed by atoms with Crippen LogP contribution in [-0.4, -0.2) is 30.6 Å². The lowest BCUT2D eigenvalue weighted by atomic mass is 10.0. The van der Waals surface area contributed by atoms with Gasteiger partial charge in [-0.05, 0) is 38.5 Å². The summed E-state index contributed by atoms with van der Waals surface area (Å²) >= 11 is 3.30. The summed E-state index contributed by atoms with van der Waals surface area (Å²) in [4.78, 5) is 23.1. The van der Waals surface area contributed by atoms with Crippen LogP contribution in [0.2, 0.25) is 0 Å². The van der Waals surface area contributed by atoms with Gasteiger partial charge in [-0.15, -0.1) is 0 Å². The van der Waals surface area contributed by atoms with Crippen molar-refractivity contribution in [3.8, 4) is 5.75 Å². The number of hydrogen-bond acceptors (Lipinski definition) is 4. The third-order valence-corrected chi connectivity index (χ3v) is 3.37. The molecule has 0 bridgehead atoms. The summed E-state index contributed by atoms with van der Waals surface area (Å²) in [5.74, 6) is -0.352. The predicted octanol–water partition coefficient (Wildman–Crippen LogP) is 2.68. The molecule has 1 amide bonds. The third kappa shape index (κ3) is 7.13. The molecule has 0 fully saturated rings. The Bertz CT molecular complexity index is 502. The van der Waals surface area contributed by atoms with E-state index in [2.05, 4.69) is 21.2 Å². The van der Waals surface area contributed by atoms with Crippen LogP contribution in [0.4, 0.5) is 0 Å². The molecule has 1 aromatic carbocycles. The minimum atomic E-state index is -0.584. The van der Waals surface area contributed by atoms with Crippen molar-refractivity contribution in [1.29, 1.82) is 0 Å². The van der Waals surface area contributed by atoms with Crippen molar-refractivity contribution < 1.29 is 19.1 Å². The van der Waals surface area contributed by atoms with Gasteiger partial charge in [-0.2, -0.15) is 0 Å². The van der Waals surface area contributed by atoms with E-state index >= 15 is 0 Å². The normalized spacial score (nSPS) is 10.9. The lowest BCUT2D eigenvalue weighted by molar-refractivity contribution is -0.150. The highest BCUT2D eigenvalue weighted by molar-refractivity contribution is 9.10. The number of carbonyl (C=O) groups excluding carboxylic acids is 2. The molecule has 0 aliphatic rings. The Morgan fingerprint density at radius 3 is 2.62 bits per heavy atom. The molecule has 1 aromatic rings. The number of nitrogens with one attached hydrogen (secondary N) is 1. The molecule has 5 nitrogen and oxygen atoms in total. The third-order valence-electron chi connectivity index (χ3n) is 2.88. The monoisotopic (exact) mass is 357 g/mol. The van der Waals surface area contributed by atoms with Crippen molar-refractivity contribution in [3.63, 3.8) is 0 Å².